The second-order valence-electron chi connectivity index (χ2n) is 7.85. The van der Waals surface area contributed by atoms with E-state index in [1.165, 1.54) is 28.7 Å². The van der Waals surface area contributed by atoms with E-state index in [9.17, 15) is 0 Å². The number of rotatable bonds is 5. The van der Waals surface area contributed by atoms with Crippen molar-refractivity contribution in [2.75, 3.05) is 25.0 Å². The Kier molecular flexibility index (Phi) is 6.51. The molecule has 2 N–H and O–H groups in total. The maximum atomic E-state index is 5.54. The molecule has 0 bridgehead atoms. The normalized spacial score (nSPS) is 18.3. The van der Waals surface area contributed by atoms with Gasteiger partial charge in [0.1, 0.15) is 0 Å². The van der Waals surface area contributed by atoms with E-state index in [1.807, 2.05) is 0 Å². The number of nitrogens with one attached hydrogen (secondary N) is 2. The minimum Gasteiger partial charge on any atom is -0.362 e. The van der Waals surface area contributed by atoms with Gasteiger partial charge in [-0.15, -0.1) is 0 Å². The lowest BCUT2D eigenvalue weighted by Gasteiger charge is -2.25. The molecule has 4 heteroatoms. The van der Waals surface area contributed by atoms with Crippen LogP contribution in [0.2, 0.25) is 0 Å². The zero-order valence-corrected chi connectivity index (χ0v) is 17.7. The Labute approximate surface area is 169 Å². The number of thiocarbonyl (C=S) groups is 1. The standard InChI is InChI=1S/C23H31N3S/c1-16-12-17(2)22(18(3)13-16)25-23(27)24-14-20-10-11-26(15-20)19(4)21-8-6-5-7-9-21/h5-9,12-13,19-20H,10-11,14-15H2,1-4H3,(H2,24,25,27)/t19-,20+/m0/s1. The van der Waals surface area contributed by atoms with E-state index in [2.05, 4.69) is 85.7 Å². The van der Waals surface area contributed by atoms with Gasteiger partial charge >= 0.3 is 0 Å². The summed E-state index contributed by atoms with van der Waals surface area (Å²) in [5, 5.41) is 7.55. The molecular formula is C23H31N3S. The van der Waals surface area contributed by atoms with Crippen LogP contribution >= 0.6 is 12.2 Å². The van der Waals surface area contributed by atoms with Gasteiger partial charge in [0.05, 0.1) is 0 Å². The molecule has 0 spiro atoms. The molecule has 3 nitrogen and oxygen atoms in total. The van der Waals surface area contributed by atoms with Crippen molar-refractivity contribution in [1.82, 2.24) is 10.2 Å². The highest BCUT2D eigenvalue weighted by molar-refractivity contribution is 7.80. The number of aryl methyl sites for hydroxylation is 3. The molecule has 2 aromatic carbocycles. The topological polar surface area (TPSA) is 27.3 Å². The molecule has 0 aromatic heterocycles. The molecule has 144 valence electrons. The van der Waals surface area contributed by atoms with E-state index in [4.69, 9.17) is 12.2 Å². The fourth-order valence-electron chi connectivity index (χ4n) is 4.10. The summed E-state index contributed by atoms with van der Waals surface area (Å²) >= 11 is 5.54. The van der Waals surface area contributed by atoms with Crippen LogP contribution in [-0.4, -0.2) is 29.6 Å². The Hall–Kier alpha value is -1.91. The maximum absolute atomic E-state index is 5.54. The van der Waals surface area contributed by atoms with E-state index >= 15 is 0 Å². The van der Waals surface area contributed by atoms with Crippen molar-refractivity contribution in [2.24, 2.45) is 5.92 Å². The highest BCUT2D eigenvalue weighted by atomic mass is 32.1. The van der Waals surface area contributed by atoms with Crippen LogP contribution < -0.4 is 10.6 Å². The maximum Gasteiger partial charge on any atom is 0.170 e. The molecule has 1 fully saturated rings. The number of hydrogen-bond acceptors (Lipinski definition) is 2. The molecule has 0 amide bonds. The molecule has 3 rings (SSSR count). The zero-order valence-electron chi connectivity index (χ0n) is 16.9. The Balaban J connectivity index is 1.49. The van der Waals surface area contributed by atoms with Gasteiger partial charge in [0, 0.05) is 24.8 Å². The lowest BCUT2D eigenvalue weighted by atomic mass is 10.1. The van der Waals surface area contributed by atoms with Crippen molar-refractivity contribution in [3.8, 4) is 0 Å². The summed E-state index contributed by atoms with van der Waals surface area (Å²) in [6, 6.07) is 15.6. The minimum absolute atomic E-state index is 0.471. The number of likely N-dealkylation sites (tertiary alicyclic amines) is 1. The molecule has 0 unspecified atom stereocenters. The molecule has 1 aliphatic heterocycles. The lowest BCUT2D eigenvalue weighted by Crippen LogP contribution is -2.34. The van der Waals surface area contributed by atoms with Gasteiger partial charge in [-0.1, -0.05) is 48.0 Å². The summed E-state index contributed by atoms with van der Waals surface area (Å²) in [7, 11) is 0. The van der Waals surface area contributed by atoms with Crippen molar-refractivity contribution in [3.05, 3.63) is 64.7 Å². The van der Waals surface area contributed by atoms with Crippen LogP contribution in [-0.2, 0) is 0 Å². The highest BCUT2D eigenvalue weighted by Gasteiger charge is 2.26. The second kappa shape index (κ2) is 8.85. The van der Waals surface area contributed by atoms with Gasteiger partial charge in [0.15, 0.2) is 5.11 Å². The number of anilines is 1. The molecule has 0 aliphatic carbocycles. The van der Waals surface area contributed by atoms with Crippen molar-refractivity contribution < 1.29 is 0 Å². The largest absolute Gasteiger partial charge is 0.362 e. The van der Waals surface area contributed by atoms with Crippen LogP contribution in [0.1, 0.15) is 41.6 Å². The molecule has 0 radical (unpaired) electrons. The third-order valence-corrected chi connectivity index (χ3v) is 5.86. The summed E-state index contributed by atoms with van der Waals surface area (Å²) in [5.74, 6) is 0.635. The van der Waals surface area contributed by atoms with Crippen LogP contribution in [0, 0.1) is 26.7 Å². The number of hydrogen-bond donors (Lipinski definition) is 2. The minimum atomic E-state index is 0.471. The van der Waals surface area contributed by atoms with E-state index in [0.717, 1.165) is 30.4 Å². The van der Waals surface area contributed by atoms with Crippen LogP contribution in [0.5, 0.6) is 0 Å². The van der Waals surface area contributed by atoms with Gasteiger partial charge in [-0.05, 0) is 75.5 Å². The van der Waals surface area contributed by atoms with Crippen molar-refractivity contribution >= 4 is 23.0 Å². The first-order valence-corrected chi connectivity index (χ1v) is 10.3. The Bertz CT molecular complexity index is 764. The highest BCUT2D eigenvalue weighted by Crippen LogP contribution is 2.27. The van der Waals surface area contributed by atoms with E-state index in [-0.39, 0.29) is 0 Å². The quantitative estimate of drug-likeness (QED) is 0.714. The Morgan fingerprint density at radius 3 is 2.48 bits per heavy atom. The molecule has 27 heavy (non-hydrogen) atoms. The number of nitrogens with zero attached hydrogens (tertiary/aromatic N) is 1. The van der Waals surface area contributed by atoms with Crippen LogP contribution in [0.15, 0.2) is 42.5 Å². The van der Waals surface area contributed by atoms with Gasteiger partial charge < -0.3 is 10.6 Å². The number of benzene rings is 2. The average molecular weight is 382 g/mol. The third-order valence-electron chi connectivity index (χ3n) is 5.61. The van der Waals surface area contributed by atoms with E-state index in [0.29, 0.717) is 12.0 Å². The van der Waals surface area contributed by atoms with Crippen molar-refractivity contribution in [3.63, 3.8) is 0 Å². The Morgan fingerprint density at radius 1 is 1.15 bits per heavy atom. The molecule has 1 aliphatic rings. The summed E-state index contributed by atoms with van der Waals surface area (Å²) in [5.41, 5.74) is 6.28. The molecular weight excluding hydrogens is 350 g/mol. The van der Waals surface area contributed by atoms with Crippen molar-refractivity contribution in [2.45, 2.75) is 40.2 Å². The van der Waals surface area contributed by atoms with Gasteiger partial charge in [-0.2, -0.15) is 0 Å². The molecule has 2 atom stereocenters. The fraction of sp³-hybridized carbons (Fsp3) is 0.435. The summed E-state index contributed by atoms with van der Waals surface area (Å²) in [6.45, 7) is 11.9. The average Bonchev–Trinajstić information content (AvgIpc) is 3.12. The fourth-order valence-corrected chi connectivity index (χ4v) is 4.28. The molecule has 2 aromatic rings. The predicted octanol–water partition coefficient (Wildman–Crippen LogP) is 4.98. The first-order valence-electron chi connectivity index (χ1n) is 9.85. The SMILES string of the molecule is Cc1cc(C)c(NC(=S)NC[C@H]2CCN([C@@H](C)c3ccccc3)C2)c(C)c1. The smallest absolute Gasteiger partial charge is 0.170 e. The van der Waals surface area contributed by atoms with Crippen LogP contribution in [0.4, 0.5) is 5.69 Å². The molecule has 0 saturated carbocycles. The molecule has 1 heterocycles. The van der Waals surface area contributed by atoms with E-state index < -0.39 is 0 Å². The Morgan fingerprint density at radius 2 is 1.81 bits per heavy atom. The zero-order chi connectivity index (χ0) is 19.4. The summed E-state index contributed by atoms with van der Waals surface area (Å²) < 4.78 is 0. The van der Waals surface area contributed by atoms with Gasteiger partial charge in [0.2, 0.25) is 0 Å². The second-order valence-corrected chi connectivity index (χ2v) is 8.25. The van der Waals surface area contributed by atoms with Crippen molar-refractivity contribution in [1.29, 1.82) is 0 Å². The molecule has 1 saturated heterocycles. The van der Waals surface area contributed by atoms with Gasteiger partial charge in [-0.3, -0.25) is 4.90 Å². The predicted molar refractivity (Wildman–Crippen MR) is 119 cm³/mol. The summed E-state index contributed by atoms with van der Waals surface area (Å²) in [6.07, 6.45) is 1.22. The van der Waals surface area contributed by atoms with E-state index in [1.54, 1.807) is 0 Å². The van der Waals surface area contributed by atoms with Gasteiger partial charge in [-0.25, -0.2) is 0 Å². The lowest BCUT2D eigenvalue weighted by molar-refractivity contribution is 0.253. The first-order chi connectivity index (χ1) is 12.9. The third kappa shape index (κ3) is 5.08. The summed E-state index contributed by atoms with van der Waals surface area (Å²) in [4.78, 5) is 2.58. The van der Waals surface area contributed by atoms with Crippen LogP contribution in [0.3, 0.4) is 0 Å². The van der Waals surface area contributed by atoms with Gasteiger partial charge in [0.25, 0.3) is 0 Å². The van der Waals surface area contributed by atoms with Crippen LogP contribution in [0.25, 0.3) is 0 Å². The first kappa shape index (κ1) is 19.8. The monoisotopic (exact) mass is 381 g/mol.